The molecule has 0 saturated carbocycles. The molecule has 1 aliphatic heterocycles. The predicted molar refractivity (Wildman–Crippen MR) is 61.0 cm³/mol. The van der Waals surface area contributed by atoms with Gasteiger partial charge in [0.1, 0.15) is 0 Å². The molecule has 2 unspecified atom stereocenters. The monoisotopic (exact) mass is 233 g/mol. The molecule has 0 aliphatic carbocycles. The molecule has 90 valence electrons. The van der Waals surface area contributed by atoms with Crippen LogP contribution in [0.5, 0.6) is 0 Å². The molecule has 6 heteroatoms. The highest BCUT2D eigenvalue weighted by molar-refractivity contribution is 5.40. The van der Waals surface area contributed by atoms with Gasteiger partial charge in [-0.1, -0.05) is 12.1 Å². The summed E-state index contributed by atoms with van der Waals surface area (Å²) in [5, 5.41) is 7.37. The Morgan fingerprint density at radius 1 is 1.47 bits per heavy atom. The van der Waals surface area contributed by atoms with Crippen LogP contribution in [-0.4, -0.2) is 26.7 Å². The van der Waals surface area contributed by atoms with Gasteiger partial charge in [-0.3, -0.25) is 0 Å². The van der Waals surface area contributed by atoms with Crippen LogP contribution in [0.3, 0.4) is 0 Å². The van der Waals surface area contributed by atoms with Crippen LogP contribution < -0.4 is 5.32 Å². The SMILES string of the molecule is CC1CCCNC1c1nc(-c2ncc[nH]2)no1. The molecule has 2 N–H and O–H groups in total. The first-order valence-electron chi connectivity index (χ1n) is 5.91. The van der Waals surface area contributed by atoms with E-state index >= 15 is 0 Å². The summed E-state index contributed by atoms with van der Waals surface area (Å²) < 4.78 is 5.31. The van der Waals surface area contributed by atoms with E-state index in [9.17, 15) is 0 Å². The molecule has 1 saturated heterocycles. The molecule has 1 fully saturated rings. The zero-order chi connectivity index (χ0) is 11.7. The van der Waals surface area contributed by atoms with Crippen molar-refractivity contribution in [2.75, 3.05) is 6.54 Å². The van der Waals surface area contributed by atoms with Crippen molar-refractivity contribution < 1.29 is 4.52 Å². The summed E-state index contributed by atoms with van der Waals surface area (Å²) in [6.45, 7) is 3.21. The zero-order valence-electron chi connectivity index (χ0n) is 9.68. The molecule has 2 atom stereocenters. The Kier molecular flexibility index (Phi) is 2.64. The first kappa shape index (κ1) is 10.5. The molecule has 0 radical (unpaired) electrons. The van der Waals surface area contributed by atoms with Crippen LogP contribution in [0.25, 0.3) is 11.6 Å². The molecule has 0 amide bonds. The number of aromatic amines is 1. The quantitative estimate of drug-likeness (QED) is 0.822. The van der Waals surface area contributed by atoms with Crippen LogP contribution in [0.2, 0.25) is 0 Å². The third-order valence-corrected chi connectivity index (χ3v) is 3.19. The van der Waals surface area contributed by atoms with Gasteiger partial charge in [0.15, 0.2) is 5.82 Å². The molecule has 3 heterocycles. The average molecular weight is 233 g/mol. The van der Waals surface area contributed by atoms with Gasteiger partial charge in [0.25, 0.3) is 0 Å². The van der Waals surface area contributed by atoms with Gasteiger partial charge in [-0.25, -0.2) is 4.98 Å². The van der Waals surface area contributed by atoms with E-state index in [1.54, 1.807) is 12.4 Å². The van der Waals surface area contributed by atoms with Crippen molar-refractivity contribution in [2.24, 2.45) is 5.92 Å². The third-order valence-electron chi connectivity index (χ3n) is 3.19. The van der Waals surface area contributed by atoms with Crippen molar-refractivity contribution in [2.45, 2.75) is 25.8 Å². The first-order valence-corrected chi connectivity index (χ1v) is 5.91. The maximum absolute atomic E-state index is 5.31. The van der Waals surface area contributed by atoms with Gasteiger partial charge in [-0.05, 0) is 25.3 Å². The lowest BCUT2D eigenvalue weighted by Crippen LogP contribution is -2.33. The summed E-state index contributed by atoms with van der Waals surface area (Å²) in [5.41, 5.74) is 0. The van der Waals surface area contributed by atoms with Gasteiger partial charge < -0.3 is 14.8 Å². The average Bonchev–Trinajstić information content (AvgIpc) is 3.00. The number of hydrogen-bond acceptors (Lipinski definition) is 5. The maximum Gasteiger partial charge on any atom is 0.244 e. The van der Waals surface area contributed by atoms with Crippen LogP contribution in [0.4, 0.5) is 0 Å². The van der Waals surface area contributed by atoms with Crippen LogP contribution >= 0.6 is 0 Å². The van der Waals surface area contributed by atoms with Crippen molar-refractivity contribution in [3.05, 3.63) is 18.3 Å². The molecule has 0 spiro atoms. The smallest absolute Gasteiger partial charge is 0.244 e. The number of hydrogen-bond donors (Lipinski definition) is 2. The highest BCUT2D eigenvalue weighted by Crippen LogP contribution is 2.28. The third kappa shape index (κ3) is 1.95. The summed E-state index contributed by atoms with van der Waals surface area (Å²) in [4.78, 5) is 11.5. The van der Waals surface area contributed by atoms with E-state index < -0.39 is 0 Å². The zero-order valence-corrected chi connectivity index (χ0v) is 9.68. The standard InChI is InChI=1S/C11H15N5O/c1-7-3-2-4-12-8(7)11-15-10(16-17-11)9-13-5-6-14-9/h5-8,12H,2-4H2,1H3,(H,13,14). The molecule has 0 aromatic carbocycles. The molecule has 2 aromatic heterocycles. The predicted octanol–water partition coefficient (Wildman–Crippen LogP) is 1.52. The normalized spacial score (nSPS) is 25.0. The van der Waals surface area contributed by atoms with Crippen molar-refractivity contribution in [1.29, 1.82) is 0 Å². The number of aromatic nitrogens is 4. The Hall–Kier alpha value is -1.69. The van der Waals surface area contributed by atoms with E-state index in [-0.39, 0.29) is 6.04 Å². The second-order valence-corrected chi connectivity index (χ2v) is 4.45. The minimum absolute atomic E-state index is 0.167. The summed E-state index contributed by atoms with van der Waals surface area (Å²) in [7, 11) is 0. The van der Waals surface area contributed by atoms with Crippen LogP contribution in [0.1, 0.15) is 31.7 Å². The van der Waals surface area contributed by atoms with Gasteiger partial charge in [0.05, 0.1) is 6.04 Å². The lowest BCUT2D eigenvalue weighted by molar-refractivity contribution is 0.239. The molecule has 2 aromatic rings. The number of rotatable bonds is 2. The Bertz CT molecular complexity index is 478. The van der Waals surface area contributed by atoms with E-state index in [2.05, 4.69) is 32.3 Å². The van der Waals surface area contributed by atoms with E-state index in [4.69, 9.17) is 4.52 Å². The number of piperidine rings is 1. The lowest BCUT2D eigenvalue weighted by atomic mass is 9.93. The molecule has 0 bridgehead atoms. The molecule has 3 rings (SSSR count). The first-order chi connectivity index (χ1) is 8.34. The summed E-state index contributed by atoms with van der Waals surface area (Å²) in [6, 6.07) is 0.167. The van der Waals surface area contributed by atoms with Crippen LogP contribution in [0, 0.1) is 5.92 Å². The fourth-order valence-electron chi connectivity index (χ4n) is 2.23. The summed E-state index contributed by atoms with van der Waals surface area (Å²) in [6.07, 6.45) is 5.81. The largest absolute Gasteiger partial charge is 0.342 e. The van der Waals surface area contributed by atoms with E-state index in [1.165, 1.54) is 12.8 Å². The van der Waals surface area contributed by atoms with Crippen molar-refractivity contribution in [3.8, 4) is 11.6 Å². The molecule has 6 nitrogen and oxygen atoms in total. The fourth-order valence-corrected chi connectivity index (χ4v) is 2.23. The number of imidazole rings is 1. The van der Waals surface area contributed by atoms with E-state index in [0.29, 0.717) is 23.5 Å². The van der Waals surface area contributed by atoms with E-state index in [1.807, 2.05) is 0 Å². The van der Waals surface area contributed by atoms with Crippen molar-refractivity contribution in [3.63, 3.8) is 0 Å². The second-order valence-electron chi connectivity index (χ2n) is 4.45. The molecule has 1 aliphatic rings. The number of nitrogens with one attached hydrogen (secondary N) is 2. The van der Waals surface area contributed by atoms with Crippen molar-refractivity contribution in [1.82, 2.24) is 25.4 Å². The van der Waals surface area contributed by atoms with Gasteiger partial charge >= 0.3 is 0 Å². The Labute approximate surface area is 98.8 Å². The van der Waals surface area contributed by atoms with Gasteiger partial charge in [0.2, 0.25) is 11.7 Å². The summed E-state index contributed by atoms with van der Waals surface area (Å²) in [5.74, 6) is 2.34. The topological polar surface area (TPSA) is 79.6 Å². The molecule has 17 heavy (non-hydrogen) atoms. The van der Waals surface area contributed by atoms with Crippen LogP contribution in [-0.2, 0) is 0 Å². The molecular weight excluding hydrogens is 218 g/mol. The summed E-state index contributed by atoms with van der Waals surface area (Å²) >= 11 is 0. The van der Waals surface area contributed by atoms with Gasteiger partial charge in [-0.15, -0.1) is 0 Å². The lowest BCUT2D eigenvalue weighted by Gasteiger charge is -2.26. The van der Waals surface area contributed by atoms with Gasteiger partial charge in [-0.2, -0.15) is 4.98 Å². The number of nitrogens with zero attached hydrogens (tertiary/aromatic N) is 3. The maximum atomic E-state index is 5.31. The minimum atomic E-state index is 0.167. The molecular formula is C11H15N5O. The van der Waals surface area contributed by atoms with Crippen molar-refractivity contribution >= 4 is 0 Å². The number of H-pyrrole nitrogens is 1. The Morgan fingerprint density at radius 3 is 3.18 bits per heavy atom. The fraction of sp³-hybridized carbons (Fsp3) is 0.545. The Balaban J connectivity index is 1.84. The highest BCUT2D eigenvalue weighted by atomic mass is 16.5. The second kappa shape index (κ2) is 4.29. The van der Waals surface area contributed by atoms with Gasteiger partial charge in [0, 0.05) is 12.4 Å². The van der Waals surface area contributed by atoms with E-state index in [0.717, 1.165) is 6.54 Å². The Morgan fingerprint density at radius 2 is 2.41 bits per heavy atom. The highest BCUT2D eigenvalue weighted by Gasteiger charge is 2.27. The minimum Gasteiger partial charge on any atom is -0.342 e. The van der Waals surface area contributed by atoms with Crippen LogP contribution in [0.15, 0.2) is 16.9 Å².